The lowest BCUT2D eigenvalue weighted by molar-refractivity contribution is 0.375. The molecule has 0 saturated carbocycles. The predicted octanol–water partition coefficient (Wildman–Crippen LogP) is 3.53. The highest BCUT2D eigenvalue weighted by Crippen LogP contribution is 2.15. The molecule has 4 nitrogen and oxygen atoms in total. The molecular weight excluding hydrogens is 250 g/mol. The Morgan fingerprint density at radius 3 is 2.94 bits per heavy atom. The number of hydrogen-bond donors (Lipinski definition) is 1. The van der Waals surface area contributed by atoms with Crippen molar-refractivity contribution in [2.45, 2.75) is 26.8 Å². The standard InChI is InChI=1S/C13H16ClN3O/c1-9(2)6-12-16-13(18-17-12)8-15-11-5-3-4-10(14)7-11/h3-5,7,9,15H,6,8H2,1-2H3. The van der Waals surface area contributed by atoms with Gasteiger partial charge in [-0.25, -0.2) is 0 Å². The van der Waals surface area contributed by atoms with E-state index in [0.29, 0.717) is 23.4 Å². The summed E-state index contributed by atoms with van der Waals surface area (Å²) in [5, 5.41) is 7.82. The number of aromatic nitrogens is 2. The van der Waals surface area contributed by atoms with Gasteiger partial charge in [0.05, 0.1) is 6.54 Å². The van der Waals surface area contributed by atoms with Crippen LogP contribution < -0.4 is 5.32 Å². The van der Waals surface area contributed by atoms with Crippen molar-refractivity contribution < 1.29 is 4.52 Å². The van der Waals surface area contributed by atoms with E-state index >= 15 is 0 Å². The Morgan fingerprint density at radius 1 is 1.39 bits per heavy atom. The number of rotatable bonds is 5. The normalized spacial score (nSPS) is 10.9. The lowest BCUT2D eigenvalue weighted by Gasteiger charge is -2.02. The van der Waals surface area contributed by atoms with Crippen LogP contribution in [0.1, 0.15) is 25.6 Å². The Balaban J connectivity index is 1.92. The minimum atomic E-state index is 0.505. The Labute approximate surface area is 111 Å². The van der Waals surface area contributed by atoms with Crippen molar-refractivity contribution in [1.82, 2.24) is 10.1 Å². The summed E-state index contributed by atoms with van der Waals surface area (Å²) in [6.07, 6.45) is 0.834. The third-order valence-electron chi connectivity index (χ3n) is 2.37. The quantitative estimate of drug-likeness (QED) is 0.898. The molecule has 0 aliphatic heterocycles. The second-order valence-corrected chi connectivity index (χ2v) is 5.00. The van der Waals surface area contributed by atoms with Gasteiger partial charge in [0.1, 0.15) is 0 Å². The molecule has 1 aromatic carbocycles. The fourth-order valence-electron chi connectivity index (χ4n) is 1.59. The summed E-state index contributed by atoms with van der Waals surface area (Å²) < 4.78 is 5.16. The molecule has 0 fully saturated rings. The lowest BCUT2D eigenvalue weighted by Crippen LogP contribution is -2.00. The molecule has 2 aromatic rings. The molecule has 96 valence electrons. The molecule has 1 N–H and O–H groups in total. The fraction of sp³-hybridized carbons (Fsp3) is 0.385. The predicted molar refractivity (Wildman–Crippen MR) is 71.6 cm³/mol. The SMILES string of the molecule is CC(C)Cc1noc(CNc2cccc(Cl)c2)n1. The number of benzene rings is 1. The summed E-state index contributed by atoms with van der Waals surface area (Å²) in [6, 6.07) is 7.52. The fourth-order valence-corrected chi connectivity index (χ4v) is 1.78. The van der Waals surface area contributed by atoms with Crippen LogP contribution >= 0.6 is 11.6 Å². The Kier molecular flexibility index (Phi) is 4.20. The van der Waals surface area contributed by atoms with Crippen molar-refractivity contribution in [3.63, 3.8) is 0 Å². The van der Waals surface area contributed by atoms with Gasteiger partial charge in [-0.2, -0.15) is 4.98 Å². The monoisotopic (exact) mass is 265 g/mol. The van der Waals surface area contributed by atoms with E-state index in [2.05, 4.69) is 29.3 Å². The van der Waals surface area contributed by atoms with Crippen molar-refractivity contribution in [3.05, 3.63) is 41.0 Å². The zero-order chi connectivity index (χ0) is 13.0. The molecule has 0 unspecified atom stereocenters. The van der Waals surface area contributed by atoms with Crippen LogP contribution in [-0.2, 0) is 13.0 Å². The number of nitrogens with zero attached hydrogens (tertiary/aromatic N) is 2. The molecule has 0 radical (unpaired) electrons. The molecular formula is C13H16ClN3O. The third kappa shape index (κ3) is 3.74. The lowest BCUT2D eigenvalue weighted by atomic mass is 10.1. The molecule has 0 aliphatic rings. The maximum Gasteiger partial charge on any atom is 0.245 e. The van der Waals surface area contributed by atoms with Gasteiger partial charge in [0.15, 0.2) is 5.82 Å². The third-order valence-corrected chi connectivity index (χ3v) is 2.60. The molecule has 1 heterocycles. The van der Waals surface area contributed by atoms with Crippen molar-refractivity contribution >= 4 is 17.3 Å². The van der Waals surface area contributed by atoms with Crippen molar-refractivity contribution in [2.75, 3.05) is 5.32 Å². The van der Waals surface area contributed by atoms with Crippen LogP contribution in [0.3, 0.4) is 0 Å². The summed E-state index contributed by atoms with van der Waals surface area (Å²) in [5.74, 6) is 1.87. The molecule has 18 heavy (non-hydrogen) atoms. The average molecular weight is 266 g/mol. The van der Waals surface area contributed by atoms with Gasteiger partial charge in [0.2, 0.25) is 5.89 Å². The summed E-state index contributed by atoms with van der Waals surface area (Å²) in [4.78, 5) is 4.31. The Bertz CT molecular complexity index is 510. The van der Waals surface area contributed by atoms with E-state index < -0.39 is 0 Å². The average Bonchev–Trinajstić information content (AvgIpc) is 2.73. The van der Waals surface area contributed by atoms with Crippen LogP contribution in [0.2, 0.25) is 5.02 Å². The molecule has 0 aliphatic carbocycles. The first-order chi connectivity index (χ1) is 8.63. The first kappa shape index (κ1) is 12.9. The molecule has 0 amide bonds. The molecule has 0 saturated heterocycles. The summed E-state index contributed by atoms with van der Waals surface area (Å²) >= 11 is 5.90. The topological polar surface area (TPSA) is 51.0 Å². The van der Waals surface area contributed by atoms with Crippen LogP contribution in [0.5, 0.6) is 0 Å². The van der Waals surface area contributed by atoms with Gasteiger partial charge in [0, 0.05) is 17.1 Å². The van der Waals surface area contributed by atoms with E-state index in [4.69, 9.17) is 16.1 Å². The first-order valence-corrected chi connectivity index (χ1v) is 6.32. The molecule has 5 heteroatoms. The van der Waals surface area contributed by atoms with Crippen molar-refractivity contribution in [1.29, 1.82) is 0 Å². The number of halogens is 1. The summed E-state index contributed by atoms with van der Waals surface area (Å²) in [7, 11) is 0. The van der Waals surface area contributed by atoms with Crippen LogP contribution in [0.15, 0.2) is 28.8 Å². The van der Waals surface area contributed by atoms with Crippen molar-refractivity contribution in [2.24, 2.45) is 5.92 Å². The maximum absolute atomic E-state index is 5.90. The molecule has 0 atom stereocenters. The van der Waals surface area contributed by atoms with Crippen molar-refractivity contribution in [3.8, 4) is 0 Å². The molecule has 1 aromatic heterocycles. The minimum absolute atomic E-state index is 0.505. The number of hydrogen-bond acceptors (Lipinski definition) is 4. The summed E-state index contributed by atoms with van der Waals surface area (Å²) in [6.45, 7) is 4.76. The van der Waals surface area contributed by atoms with Gasteiger partial charge >= 0.3 is 0 Å². The summed E-state index contributed by atoms with van der Waals surface area (Å²) in [5.41, 5.74) is 0.936. The molecule has 0 bridgehead atoms. The highest BCUT2D eigenvalue weighted by molar-refractivity contribution is 6.30. The molecule has 2 rings (SSSR count). The zero-order valence-corrected chi connectivity index (χ0v) is 11.2. The van der Waals surface area contributed by atoms with Crippen LogP contribution in [0.4, 0.5) is 5.69 Å². The highest BCUT2D eigenvalue weighted by atomic mass is 35.5. The zero-order valence-electron chi connectivity index (χ0n) is 10.5. The van der Waals surface area contributed by atoms with Crippen LogP contribution in [-0.4, -0.2) is 10.1 Å². The van der Waals surface area contributed by atoms with E-state index in [9.17, 15) is 0 Å². The highest BCUT2D eigenvalue weighted by Gasteiger charge is 2.07. The van der Waals surface area contributed by atoms with E-state index in [1.165, 1.54) is 0 Å². The smallest absolute Gasteiger partial charge is 0.245 e. The van der Waals surface area contributed by atoms with Gasteiger partial charge < -0.3 is 9.84 Å². The van der Waals surface area contributed by atoms with Gasteiger partial charge in [-0.3, -0.25) is 0 Å². The maximum atomic E-state index is 5.90. The largest absolute Gasteiger partial charge is 0.376 e. The number of nitrogens with one attached hydrogen (secondary N) is 1. The van der Waals surface area contributed by atoms with E-state index in [-0.39, 0.29) is 0 Å². The first-order valence-electron chi connectivity index (χ1n) is 5.94. The Morgan fingerprint density at radius 2 is 2.22 bits per heavy atom. The van der Waals surface area contributed by atoms with E-state index in [1.54, 1.807) is 0 Å². The van der Waals surface area contributed by atoms with Gasteiger partial charge in [0.25, 0.3) is 0 Å². The Hall–Kier alpha value is -1.55. The van der Waals surface area contributed by atoms with Gasteiger partial charge in [-0.15, -0.1) is 0 Å². The van der Waals surface area contributed by atoms with Gasteiger partial charge in [-0.05, 0) is 24.1 Å². The second kappa shape index (κ2) is 5.87. The minimum Gasteiger partial charge on any atom is -0.376 e. The van der Waals surface area contributed by atoms with Crippen LogP contribution in [0, 0.1) is 5.92 Å². The molecule has 0 spiro atoms. The van der Waals surface area contributed by atoms with Gasteiger partial charge in [-0.1, -0.05) is 36.7 Å². The second-order valence-electron chi connectivity index (χ2n) is 4.57. The number of anilines is 1. The van der Waals surface area contributed by atoms with E-state index in [1.807, 2.05) is 24.3 Å². The van der Waals surface area contributed by atoms with Crippen LogP contribution in [0.25, 0.3) is 0 Å². The van der Waals surface area contributed by atoms with E-state index in [0.717, 1.165) is 17.9 Å².